The zero-order chi connectivity index (χ0) is 10.4. The van der Waals surface area contributed by atoms with Crippen LogP contribution < -0.4 is 5.32 Å². The van der Waals surface area contributed by atoms with Crippen molar-refractivity contribution in [2.45, 2.75) is 25.9 Å². The second kappa shape index (κ2) is 6.53. The first kappa shape index (κ1) is 12.1. The maximum absolute atomic E-state index is 5.39. The van der Waals surface area contributed by atoms with Crippen molar-refractivity contribution in [2.75, 3.05) is 12.0 Å². The summed E-state index contributed by atoms with van der Waals surface area (Å²) in [5.74, 6) is 2.18. The molecule has 1 heterocycles. The summed E-state index contributed by atoms with van der Waals surface area (Å²) < 4.78 is 6.18. The van der Waals surface area contributed by atoms with Crippen LogP contribution in [0.5, 0.6) is 0 Å². The lowest BCUT2D eigenvalue weighted by Crippen LogP contribution is -2.25. The minimum Gasteiger partial charge on any atom is -0.453 e. The number of hydrogen-bond donors (Lipinski definition) is 1. The average Bonchev–Trinajstić information content (AvgIpc) is 2.58. The van der Waals surface area contributed by atoms with Gasteiger partial charge in [0.05, 0.1) is 6.54 Å². The molecule has 0 fully saturated rings. The SMILES string of the molecule is CSCCC(C)NCc1ccc(Br)o1. The fourth-order valence-electron chi connectivity index (χ4n) is 1.12. The second-order valence-electron chi connectivity index (χ2n) is 3.27. The van der Waals surface area contributed by atoms with E-state index in [4.69, 9.17) is 4.42 Å². The highest BCUT2D eigenvalue weighted by atomic mass is 79.9. The van der Waals surface area contributed by atoms with Crippen LogP contribution in [0.2, 0.25) is 0 Å². The van der Waals surface area contributed by atoms with Crippen molar-refractivity contribution in [3.63, 3.8) is 0 Å². The molecule has 1 unspecified atom stereocenters. The van der Waals surface area contributed by atoms with E-state index in [1.807, 2.05) is 23.9 Å². The largest absolute Gasteiger partial charge is 0.453 e. The maximum atomic E-state index is 5.39. The van der Waals surface area contributed by atoms with Crippen LogP contribution in [0.15, 0.2) is 21.2 Å². The summed E-state index contributed by atoms with van der Waals surface area (Å²) in [7, 11) is 0. The van der Waals surface area contributed by atoms with Gasteiger partial charge in [0.25, 0.3) is 0 Å². The lowest BCUT2D eigenvalue weighted by Gasteiger charge is -2.11. The van der Waals surface area contributed by atoms with Crippen LogP contribution in [0.1, 0.15) is 19.1 Å². The van der Waals surface area contributed by atoms with Gasteiger partial charge in [0.1, 0.15) is 5.76 Å². The van der Waals surface area contributed by atoms with Crippen molar-refractivity contribution in [1.29, 1.82) is 0 Å². The Balaban J connectivity index is 2.20. The van der Waals surface area contributed by atoms with Crippen molar-refractivity contribution in [1.82, 2.24) is 5.32 Å². The third-order valence-corrected chi connectivity index (χ3v) is 3.08. The first-order valence-corrected chi connectivity index (χ1v) is 6.87. The number of thioether (sulfide) groups is 1. The Bertz CT molecular complexity index is 264. The summed E-state index contributed by atoms with van der Waals surface area (Å²) in [5, 5.41) is 3.42. The molecule has 1 atom stereocenters. The van der Waals surface area contributed by atoms with E-state index in [1.54, 1.807) is 0 Å². The first-order chi connectivity index (χ1) is 6.72. The predicted octanol–water partition coefficient (Wildman–Crippen LogP) is 3.27. The molecule has 1 aromatic rings. The standard InChI is InChI=1S/C10H16BrNOS/c1-8(5-6-14-2)12-7-9-3-4-10(11)13-9/h3-4,8,12H,5-7H2,1-2H3. The molecular weight excluding hydrogens is 262 g/mol. The Hall–Kier alpha value is 0.0700. The van der Waals surface area contributed by atoms with Crippen LogP contribution in [0.4, 0.5) is 0 Å². The molecule has 80 valence electrons. The number of nitrogens with one attached hydrogen (secondary N) is 1. The zero-order valence-corrected chi connectivity index (χ0v) is 11.0. The Kier molecular flexibility index (Phi) is 5.67. The topological polar surface area (TPSA) is 25.2 Å². The second-order valence-corrected chi connectivity index (χ2v) is 5.04. The highest BCUT2D eigenvalue weighted by Gasteiger charge is 2.03. The van der Waals surface area contributed by atoms with E-state index in [2.05, 4.69) is 34.4 Å². The summed E-state index contributed by atoms with van der Waals surface area (Å²) in [6.45, 7) is 3.01. The van der Waals surface area contributed by atoms with Crippen molar-refractivity contribution in [2.24, 2.45) is 0 Å². The molecule has 0 aliphatic heterocycles. The molecule has 14 heavy (non-hydrogen) atoms. The van der Waals surface area contributed by atoms with Crippen molar-refractivity contribution >= 4 is 27.7 Å². The Morgan fingerprint density at radius 1 is 1.57 bits per heavy atom. The van der Waals surface area contributed by atoms with Gasteiger partial charge in [-0.1, -0.05) is 0 Å². The minimum atomic E-state index is 0.548. The predicted molar refractivity (Wildman–Crippen MR) is 65.7 cm³/mol. The van der Waals surface area contributed by atoms with Crippen molar-refractivity contribution in [3.8, 4) is 0 Å². The monoisotopic (exact) mass is 277 g/mol. The smallest absolute Gasteiger partial charge is 0.169 e. The van der Waals surface area contributed by atoms with Crippen LogP contribution >= 0.6 is 27.7 Å². The third kappa shape index (κ3) is 4.53. The van der Waals surface area contributed by atoms with Gasteiger partial charge in [0.15, 0.2) is 4.67 Å². The van der Waals surface area contributed by atoms with Crippen LogP contribution in [0, 0.1) is 0 Å². The Morgan fingerprint density at radius 2 is 2.36 bits per heavy atom. The van der Waals surface area contributed by atoms with Gasteiger partial charge in [-0.15, -0.1) is 0 Å². The van der Waals surface area contributed by atoms with Gasteiger partial charge in [0.2, 0.25) is 0 Å². The summed E-state index contributed by atoms with van der Waals surface area (Å²) in [6, 6.07) is 4.45. The molecule has 1 aromatic heterocycles. The summed E-state index contributed by atoms with van der Waals surface area (Å²) in [5.41, 5.74) is 0. The highest BCUT2D eigenvalue weighted by molar-refractivity contribution is 9.10. The molecule has 0 aromatic carbocycles. The van der Waals surface area contributed by atoms with E-state index in [0.29, 0.717) is 6.04 Å². The number of halogens is 1. The molecule has 0 aliphatic carbocycles. The molecule has 4 heteroatoms. The van der Waals surface area contributed by atoms with Gasteiger partial charge in [-0.3, -0.25) is 0 Å². The highest BCUT2D eigenvalue weighted by Crippen LogP contribution is 2.13. The van der Waals surface area contributed by atoms with E-state index < -0.39 is 0 Å². The Labute approximate surface area is 98.0 Å². The summed E-state index contributed by atoms with van der Waals surface area (Å²) in [4.78, 5) is 0. The molecule has 2 nitrogen and oxygen atoms in total. The van der Waals surface area contributed by atoms with Gasteiger partial charge >= 0.3 is 0 Å². The summed E-state index contributed by atoms with van der Waals surface area (Å²) in [6.07, 6.45) is 3.33. The number of hydrogen-bond acceptors (Lipinski definition) is 3. The minimum absolute atomic E-state index is 0.548. The van der Waals surface area contributed by atoms with E-state index >= 15 is 0 Å². The van der Waals surface area contributed by atoms with Crippen molar-refractivity contribution in [3.05, 3.63) is 22.6 Å². The molecule has 0 amide bonds. The van der Waals surface area contributed by atoms with Gasteiger partial charge in [-0.25, -0.2) is 0 Å². The molecule has 1 N–H and O–H groups in total. The Morgan fingerprint density at radius 3 is 2.93 bits per heavy atom. The lowest BCUT2D eigenvalue weighted by molar-refractivity contribution is 0.439. The van der Waals surface area contributed by atoms with Gasteiger partial charge in [-0.05, 0) is 53.4 Å². The van der Waals surface area contributed by atoms with Crippen LogP contribution in [-0.2, 0) is 6.54 Å². The van der Waals surface area contributed by atoms with Crippen molar-refractivity contribution < 1.29 is 4.42 Å². The molecule has 0 spiro atoms. The van der Waals surface area contributed by atoms with Crippen LogP contribution in [0.3, 0.4) is 0 Å². The van der Waals surface area contributed by atoms with E-state index in [9.17, 15) is 0 Å². The van der Waals surface area contributed by atoms with E-state index in [-0.39, 0.29) is 0 Å². The quantitative estimate of drug-likeness (QED) is 0.864. The molecule has 0 bridgehead atoms. The first-order valence-electron chi connectivity index (χ1n) is 4.69. The molecule has 0 radical (unpaired) electrons. The molecular formula is C10H16BrNOS. The van der Waals surface area contributed by atoms with Gasteiger partial charge in [-0.2, -0.15) is 11.8 Å². The van der Waals surface area contributed by atoms with Crippen LogP contribution in [0.25, 0.3) is 0 Å². The van der Waals surface area contributed by atoms with E-state index in [1.165, 1.54) is 12.2 Å². The number of furan rings is 1. The lowest BCUT2D eigenvalue weighted by atomic mass is 10.2. The van der Waals surface area contributed by atoms with Gasteiger partial charge < -0.3 is 9.73 Å². The molecule has 0 aliphatic rings. The average molecular weight is 278 g/mol. The normalized spacial score (nSPS) is 13.1. The fraction of sp³-hybridized carbons (Fsp3) is 0.600. The van der Waals surface area contributed by atoms with Gasteiger partial charge in [0, 0.05) is 6.04 Å². The third-order valence-electron chi connectivity index (χ3n) is 2.01. The zero-order valence-electron chi connectivity index (χ0n) is 8.55. The van der Waals surface area contributed by atoms with E-state index in [0.717, 1.165) is 17.0 Å². The maximum Gasteiger partial charge on any atom is 0.169 e. The van der Waals surface area contributed by atoms with Crippen LogP contribution in [-0.4, -0.2) is 18.1 Å². The molecule has 0 saturated heterocycles. The fourth-order valence-corrected chi connectivity index (χ4v) is 2.05. The summed E-state index contributed by atoms with van der Waals surface area (Å²) >= 11 is 5.17. The molecule has 1 rings (SSSR count). The molecule has 0 saturated carbocycles. The number of rotatable bonds is 6.